The van der Waals surface area contributed by atoms with Gasteiger partial charge in [0, 0.05) is 9.64 Å². The Morgan fingerprint density at radius 1 is 1.16 bits per heavy atom. The van der Waals surface area contributed by atoms with Crippen molar-refractivity contribution in [2.75, 3.05) is 11.1 Å². The van der Waals surface area contributed by atoms with Crippen molar-refractivity contribution in [1.29, 1.82) is 0 Å². The van der Waals surface area contributed by atoms with Gasteiger partial charge < -0.3 is 11.1 Å². The molecule has 2 rings (SSSR count). The number of rotatable bonds is 2. The number of hydrogen-bond acceptors (Lipinski definition) is 4. The second kappa shape index (κ2) is 5.19. The molecule has 8 heteroatoms. The number of nitrogens with one attached hydrogen (secondary N) is 1. The average molecular weight is 380 g/mol. The van der Waals surface area contributed by atoms with Crippen LogP contribution in [0, 0.1) is 3.57 Å². The lowest BCUT2D eigenvalue weighted by molar-refractivity contribution is -0.144. The van der Waals surface area contributed by atoms with Crippen molar-refractivity contribution in [3.8, 4) is 0 Å². The van der Waals surface area contributed by atoms with Crippen LogP contribution in [0.25, 0.3) is 0 Å². The number of alkyl halides is 3. The van der Waals surface area contributed by atoms with Crippen molar-refractivity contribution in [2.24, 2.45) is 0 Å². The lowest BCUT2D eigenvalue weighted by atomic mass is 10.3. The summed E-state index contributed by atoms with van der Waals surface area (Å²) in [6.07, 6.45) is -4.63. The Balaban J connectivity index is 2.36. The van der Waals surface area contributed by atoms with E-state index in [2.05, 4.69) is 37.9 Å². The third kappa shape index (κ3) is 3.46. The minimum Gasteiger partial charge on any atom is -0.384 e. The number of nitrogens with two attached hydrogens (primary N) is 1. The van der Waals surface area contributed by atoms with Gasteiger partial charge in [-0.05, 0) is 34.7 Å². The summed E-state index contributed by atoms with van der Waals surface area (Å²) in [6.45, 7) is 0. The lowest BCUT2D eigenvalue weighted by Crippen LogP contribution is -2.13. The number of nitrogen functional groups attached to an aromatic ring is 1. The summed E-state index contributed by atoms with van der Waals surface area (Å²) < 4.78 is 38.5. The molecule has 0 fully saturated rings. The van der Waals surface area contributed by atoms with E-state index < -0.39 is 12.0 Å². The smallest absolute Gasteiger partial charge is 0.384 e. The number of hydrogen-bond donors (Lipinski definition) is 2. The van der Waals surface area contributed by atoms with Gasteiger partial charge in [-0.3, -0.25) is 0 Å². The lowest BCUT2D eigenvalue weighted by Gasteiger charge is -2.11. The van der Waals surface area contributed by atoms with Crippen molar-refractivity contribution in [1.82, 2.24) is 9.97 Å². The molecular formula is C11H8F3IN4. The highest BCUT2D eigenvalue weighted by Crippen LogP contribution is 2.29. The number of halogens is 4. The Morgan fingerprint density at radius 2 is 1.84 bits per heavy atom. The van der Waals surface area contributed by atoms with E-state index in [1.54, 1.807) is 12.1 Å². The second-order valence-corrected chi connectivity index (χ2v) is 4.77. The van der Waals surface area contributed by atoms with Gasteiger partial charge in [0.15, 0.2) is 0 Å². The van der Waals surface area contributed by atoms with E-state index in [-0.39, 0.29) is 11.6 Å². The van der Waals surface area contributed by atoms with E-state index in [0.29, 0.717) is 5.69 Å². The van der Waals surface area contributed by atoms with Crippen LogP contribution >= 0.6 is 22.6 Å². The number of anilines is 3. The second-order valence-electron chi connectivity index (χ2n) is 3.60. The zero-order valence-electron chi connectivity index (χ0n) is 9.37. The fraction of sp³-hybridized carbons (Fsp3) is 0.0909. The van der Waals surface area contributed by atoms with Crippen LogP contribution in [0.3, 0.4) is 0 Å². The third-order valence-electron chi connectivity index (χ3n) is 2.14. The molecule has 3 N–H and O–H groups in total. The maximum absolute atomic E-state index is 12.6. The number of aromatic nitrogens is 2. The van der Waals surface area contributed by atoms with E-state index >= 15 is 0 Å². The van der Waals surface area contributed by atoms with Gasteiger partial charge in [0.25, 0.3) is 0 Å². The third-order valence-corrected chi connectivity index (χ3v) is 3.08. The van der Waals surface area contributed by atoms with Crippen molar-refractivity contribution >= 4 is 39.9 Å². The molecule has 0 bridgehead atoms. The van der Waals surface area contributed by atoms with E-state index in [9.17, 15) is 13.2 Å². The molecule has 1 heterocycles. The highest BCUT2D eigenvalue weighted by molar-refractivity contribution is 14.1. The summed E-state index contributed by atoms with van der Waals surface area (Å²) in [5, 5.41) is 2.79. The van der Waals surface area contributed by atoms with Gasteiger partial charge in [0.2, 0.25) is 5.82 Å². The van der Waals surface area contributed by atoms with Crippen molar-refractivity contribution < 1.29 is 13.2 Å². The molecule has 0 amide bonds. The van der Waals surface area contributed by atoms with Crippen LogP contribution in [-0.2, 0) is 6.18 Å². The van der Waals surface area contributed by atoms with Crippen LogP contribution in [0.2, 0.25) is 0 Å². The molecule has 0 aliphatic carbocycles. The summed E-state index contributed by atoms with van der Waals surface area (Å²) in [6, 6.07) is 8.38. The standard InChI is InChI=1S/C11H8F3IN4/c12-11(13,14)10-18-8(16)5-9(19-10)17-7-4-2-1-3-6(7)15/h1-5H,(H3,16,17,18,19). The molecule has 0 aliphatic heterocycles. The zero-order valence-corrected chi connectivity index (χ0v) is 11.5. The summed E-state index contributed by atoms with van der Waals surface area (Å²) in [5.74, 6) is -1.50. The molecule has 0 unspecified atom stereocenters. The Bertz CT molecular complexity index is 601. The molecule has 0 saturated heterocycles. The van der Waals surface area contributed by atoms with Crippen molar-refractivity contribution in [3.63, 3.8) is 0 Å². The SMILES string of the molecule is Nc1cc(Nc2ccccc2I)nc(C(F)(F)F)n1. The number of nitrogens with zero attached hydrogens (tertiary/aromatic N) is 2. The Kier molecular flexibility index (Phi) is 3.78. The molecule has 2 aromatic rings. The Labute approximate surface area is 120 Å². The van der Waals surface area contributed by atoms with E-state index in [0.717, 1.165) is 3.57 Å². The summed E-state index contributed by atoms with van der Waals surface area (Å²) in [5.41, 5.74) is 6.00. The molecule has 0 spiro atoms. The number of para-hydroxylation sites is 1. The van der Waals surface area contributed by atoms with Gasteiger partial charge in [0.1, 0.15) is 11.6 Å². The molecular weight excluding hydrogens is 372 g/mol. The first-order valence-electron chi connectivity index (χ1n) is 5.09. The van der Waals surface area contributed by atoms with Crippen LogP contribution in [0.5, 0.6) is 0 Å². The highest BCUT2D eigenvalue weighted by atomic mass is 127. The predicted molar refractivity (Wildman–Crippen MR) is 73.9 cm³/mol. The van der Waals surface area contributed by atoms with Gasteiger partial charge in [-0.25, -0.2) is 9.97 Å². The molecule has 0 radical (unpaired) electrons. The monoisotopic (exact) mass is 380 g/mol. The molecule has 1 aromatic carbocycles. The van der Waals surface area contributed by atoms with E-state index in [1.165, 1.54) is 6.07 Å². The normalized spacial score (nSPS) is 11.4. The first kappa shape index (κ1) is 13.8. The van der Waals surface area contributed by atoms with Gasteiger partial charge >= 0.3 is 6.18 Å². The predicted octanol–water partition coefficient (Wildman–Crippen LogP) is 3.43. The average Bonchev–Trinajstić information content (AvgIpc) is 2.30. The Morgan fingerprint density at radius 3 is 2.47 bits per heavy atom. The van der Waals surface area contributed by atoms with Gasteiger partial charge in [-0.15, -0.1) is 0 Å². The van der Waals surface area contributed by atoms with E-state index in [1.807, 2.05) is 12.1 Å². The molecule has 0 saturated carbocycles. The molecule has 4 nitrogen and oxygen atoms in total. The minimum absolute atomic E-state index is 0.00365. The van der Waals surface area contributed by atoms with Crippen LogP contribution in [0.1, 0.15) is 5.82 Å². The Hall–Kier alpha value is -1.58. The minimum atomic E-state index is -4.63. The number of benzene rings is 1. The van der Waals surface area contributed by atoms with Gasteiger partial charge in [-0.2, -0.15) is 13.2 Å². The van der Waals surface area contributed by atoms with Gasteiger partial charge in [-0.1, -0.05) is 12.1 Å². The van der Waals surface area contributed by atoms with Crippen LogP contribution in [-0.4, -0.2) is 9.97 Å². The topological polar surface area (TPSA) is 63.8 Å². The fourth-order valence-corrected chi connectivity index (χ4v) is 1.88. The molecule has 1 aromatic heterocycles. The quantitative estimate of drug-likeness (QED) is 0.784. The van der Waals surface area contributed by atoms with Crippen LogP contribution in [0.15, 0.2) is 30.3 Å². The summed E-state index contributed by atoms with van der Waals surface area (Å²) >= 11 is 2.06. The molecule has 19 heavy (non-hydrogen) atoms. The van der Waals surface area contributed by atoms with Gasteiger partial charge in [0.05, 0.1) is 5.69 Å². The molecule has 100 valence electrons. The van der Waals surface area contributed by atoms with Crippen LogP contribution in [0.4, 0.5) is 30.5 Å². The van der Waals surface area contributed by atoms with Crippen molar-refractivity contribution in [3.05, 3.63) is 39.7 Å². The fourth-order valence-electron chi connectivity index (χ4n) is 1.36. The maximum atomic E-state index is 12.6. The highest BCUT2D eigenvalue weighted by Gasteiger charge is 2.35. The van der Waals surface area contributed by atoms with Crippen molar-refractivity contribution in [2.45, 2.75) is 6.18 Å². The molecule has 0 aliphatic rings. The summed E-state index contributed by atoms with van der Waals surface area (Å²) in [4.78, 5) is 6.58. The first-order valence-corrected chi connectivity index (χ1v) is 6.17. The largest absolute Gasteiger partial charge is 0.451 e. The van der Waals surface area contributed by atoms with Crippen LogP contribution < -0.4 is 11.1 Å². The summed E-state index contributed by atoms with van der Waals surface area (Å²) in [7, 11) is 0. The maximum Gasteiger partial charge on any atom is 0.451 e. The first-order chi connectivity index (χ1) is 8.86. The zero-order chi connectivity index (χ0) is 14.0. The van der Waals surface area contributed by atoms with E-state index in [4.69, 9.17) is 5.73 Å². The molecule has 0 atom stereocenters.